The van der Waals surface area contributed by atoms with Gasteiger partial charge in [-0.3, -0.25) is 0 Å². The Labute approximate surface area is 132 Å². The van der Waals surface area contributed by atoms with E-state index in [-0.39, 0.29) is 29.6 Å². The van der Waals surface area contributed by atoms with Gasteiger partial charge in [0, 0.05) is 6.04 Å². The highest BCUT2D eigenvalue weighted by Crippen LogP contribution is 2.60. The summed E-state index contributed by atoms with van der Waals surface area (Å²) in [5, 5.41) is 5.96. The van der Waals surface area contributed by atoms with Gasteiger partial charge in [-0.1, -0.05) is 26.0 Å². The van der Waals surface area contributed by atoms with Gasteiger partial charge in [-0.15, -0.1) is 0 Å². The minimum Gasteiger partial charge on any atom is -0.335 e. The number of hydrogen-bond donors (Lipinski definition) is 2. The topological polar surface area (TPSA) is 75.3 Å². The van der Waals surface area contributed by atoms with Crippen molar-refractivity contribution < 1.29 is 13.2 Å². The van der Waals surface area contributed by atoms with Crippen molar-refractivity contribution in [3.05, 3.63) is 12.2 Å². The first-order valence-corrected chi connectivity index (χ1v) is 9.97. The Bertz CT molecular complexity index is 583. The Balaban J connectivity index is 1.50. The number of carbonyl (C=O) groups excluding carboxylic acids is 1. The van der Waals surface area contributed by atoms with E-state index in [0.29, 0.717) is 30.1 Å². The lowest BCUT2D eigenvalue weighted by molar-refractivity contribution is -0.0369. The molecule has 2 bridgehead atoms. The quantitative estimate of drug-likeness (QED) is 0.761. The van der Waals surface area contributed by atoms with Gasteiger partial charge >= 0.3 is 6.03 Å². The molecule has 3 atom stereocenters. The van der Waals surface area contributed by atoms with Gasteiger partial charge in [-0.05, 0) is 42.9 Å². The third-order valence-electron chi connectivity index (χ3n) is 6.08. The molecule has 0 aromatic heterocycles. The van der Waals surface area contributed by atoms with Crippen molar-refractivity contribution in [1.82, 2.24) is 10.6 Å². The van der Waals surface area contributed by atoms with Crippen molar-refractivity contribution in [2.24, 2.45) is 17.3 Å². The van der Waals surface area contributed by atoms with Crippen LogP contribution in [0.15, 0.2) is 12.2 Å². The minimum atomic E-state index is -2.89. The third kappa shape index (κ3) is 2.77. The summed E-state index contributed by atoms with van der Waals surface area (Å²) in [7, 11) is -2.89. The average Bonchev–Trinajstić information content (AvgIpc) is 2.43. The maximum atomic E-state index is 12.2. The standard InChI is InChI=1S/C16H26N2O3S/c1-10-13-8-11(16(13,2)3)9-14(10)18-15(19)17-12-4-6-22(20,21)7-5-12/h11-14H,1,4-9H2,2-3H3,(H2,17,18,19)/t11-,13+,14?/m1/s1. The summed E-state index contributed by atoms with van der Waals surface area (Å²) in [4.78, 5) is 12.2. The molecule has 0 aromatic carbocycles. The van der Waals surface area contributed by atoms with Crippen LogP contribution in [0.1, 0.15) is 39.5 Å². The molecule has 6 heteroatoms. The molecule has 22 heavy (non-hydrogen) atoms. The Morgan fingerprint density at radius 1 is 1.18 bits per heavy atom. The van der Waals surface area contributed by atoms with Crippen molar-refractivity contribution in [2.45, 2.75) is 51.6 Å². The van der Waals surface area contributed by atoms with Crippen molar-refractivity contribution in [2.75, 3.05) is 11.5 Å². The number of sulfone groups is 1. The van der Waals surface area contributed by atoms with Crippen LogP contribution in [0, 0.1) is 17.3 Å². The second kappa shape index (κ2) is 5.25. The van der Waals surface area contributed by atoms with Gasteiger partial charge in [0.05, 0.1) is 17.5 Å². The maximum absolute atomic E-state index is 12.2. The van der Waals surface area contributed by atoms with Gasteiger partial charge < -0.3 is 10.6 Å². The molecule has 4 fully saturated rings. The SMILES string of the molecule is C=C1C(NC(=O)NC2CCS(=O)(=O)CC2)C[C@H]2C[C@@H]1C2(C)C. The van der Waals surface area contributed by atoms with Gasteiger partial charge in [0.2, 0.25) is 0 Å². The van der Waals surface area contributed by atoms with Crippen LogP contribution in [0.2, 0.25) is 0 Å². The Morgan fingerprint density at radius 3 is 2.36 bits per heavy atom. The van der Waals surface area contributed by atoms with E-state index in [2.05, 4.69) is 31.1 Å². The van der Waals surface area contributed by atoms with Gasteiger partial charge in [0.25, 0.3) is 0 Å². The van der Waals surface area contributed by atoms with Gasteiger partial charge in [0.15, 0.2) is 0 Å². The number of amides is 2. The molecule has 124 valence electrons. The first kappa shape index (κ1) is 15.8. The van der Waals surface area contributed by atoms with E-state index in [1.807, 2.05) is 0 Å². The van der Waals surface area contributed by atoms with Crippen LogP contribution >= 0.6 is 0 Å². The van der Waals surface area contributed by atoms with Crippen LogP contribution in [-0.2, 0) is 9.84 Å². The molecule has 3 aliphatic carbocycles. The minimum absolute atomic E-state index is 0.0358. The predicted octanol–water partition coefficient (Wildman–Crippen LogP) is 1.85. The molecule has 5 nitrogen and oxygen atoms in total. The van der Waals surface area contributed by atoms with Crippen molar-refractivity contribution in [1.29, 1.82) is 0 Å². The van der Waals surface area contributed by atoms with Crippen LogP contribution in [-0.4, -0.2) is 38.0 Å². The monoisotopic (exact) mass is 326 g/mol. The van der Waals surface area contributed by atoms with E-state index in [9.17, 15) is 13.2 Å². The number of rotatable bonds is 2. The second-order valence-corrected chi connectivity index (χ2v) is 10.0. The average molecular weight is 326 g/mol. The number of hydrogen-bond acceptors (Lipinski definition) is 3. The highest BCUT2D eigenvalue weighted by molar-refractivity contribution is 7.91. The Hall–Kier alpha value is -1.04. The summed E-state index contributed by atoms with van der Waals surface area (Å²) in [6.07, 6.45) is 3.19. The molecule has 0 spiro atoms. The first-order chi connectivity index (χ1) is 10.2. The van der Waals surface area contributed by atoms with Gasteiger partial charge in [-0.2, -0.15) is 0 Å². The molecule has 4 rings (SSSR count). The zero-order valence-electron chi connectivity index (χ0n) is 13.4. The van der Waals surface area contributed by atoms with Gasteiger partial charge in [-0.25, -0.2) is 13.2 Å². The summed E-state index contributed by atoms with van der Waals surface area (Å²) in [6.45, 7) is 8.78. The fraction of sp³-hybridized carbons (Fsp3) is 0.812. The summed E-state index contributed by atoms with van der Waals surface area (Å²) in [6, 6.07) is -0.162. The third-order valence-corrected chi connectivity index (χ3v) is 7.80. The largest absolute Gasteiger partial charge is 0.335 e. The van der Waals surface area contributed by atoms with Crippen molar-refractivity contribution in [3.8, 4) is 0 Å². The zero-order valence-corrected chi connectivity index (χ0v) is 14.2. The van der Waals surface area contributed by atoms with Crippen LogP contribution in [0.3, 0.4) is 0 Å². The van der Waals surface area contributed by atoms with E-state index in [1.54, 1.807) is 0 Å². The molecule has 0 radical (unpaired) electrons. The number of fused-ring (bicyclic) bond motifs is 2. The van der Waals surface area contributed by atoms with E-state index in [0.717, 1.165) is 12.0 Å². The molecule has 3 saturated carbocycles. The van der Waals surface area contributed by atoms with E-state index in [4.69, 9.17) is 0 Å². The first-order valence-electron chi connectivity index (χ1n) is 8.15. The molecule has 1 unspecified atom stereocenters. The molecular formula is C16H26N2O3S. The molecule has 4 aliphatic rings. The van der Waals surface area contributed by atoms with Crippen LogP contribution in [0.4, 0.5) is 4.79 Å². The second-order valence-electron chi connectivity index (χ2n) is 7.71. The lowest BCUT2D eigenvalue weighted by Crippen LogP contribution is -2.59. The molecule has 1 heterocycles. The zero-order chi connectivity index (χ0) is 16.1. The van der Waals surface area contributed by atoms with Gasteiger partial charge in [0.1, 0.15) is 9.84 Å². The smallest absolute Gasteiger partial charge is 0.315 e. The molecule has 2 N–H and O–H groups in total. The van der Waals surface area contributed by atoms with Crippen LogP contribution in [0.25, 0.3) is 0 Å². The Morgan fingerprint density at radius 2 is 1.82 bits per heavy atom. The summed E-state index contributed by atoms with van der Waals surface area (Å²) >= 11 is 0. The van der Waals surface area contributed by atoms with Crippen molar-refractivity contribution in [3.63, 3.8) is 0 Å². The Kier molecular flexibility index (Phi) is 3.78. The number of nitrogens with one attached hydrogen (secondary N) is 2. The highest BCUT2D eigenvalue weighted by Gasteiger charge is 2.54. The lowest BCUT2D eigenvalue weighted by atomic mass is 9.46. The highest BCUT2D eigenvalue weighted by atomic mass is 32.2. The number of urea groups is 1. The summed E-state index contributed by atoms with van der Waals surface area (Å²) in [5.41, 5.74) is 1.47. The van der Waals surface area contributed by atoms with Crippen LogP contribution in [0.5, 0.6) is 0 Å². The summed E-state index contributed by atoms with van der Waals surface area (Å²) < 4.78 is 22.8. The molecule has 0 aromatic rings. The fourth-order valence-corrected chi connectivity index (χ4v) is 5.79. The van der Waals surface area contributed by atoms with Crippen LogP contribution < -0.4 is 10.6 Å². The summed E-state index contributed by atoms with van der Waals surface area (Å²) in [5.74, 6) is 1.52. The maximum Gasteiger partial charge on any atom is 0.315 e. The molecular weight excluding hydrogens is 300 g/mol. The normalized spacial score (nSPS) is 36.3. The van der Waals surface area contributed by atoms with E-state index < -0.39 is 9.84 Å². The van der Waals surface area contributed by atoms with Crippen molar-refractivity contribution >= 4 is 15.9 Å². The van der Waals surface area contributed by atoms with E-state index in [1.165, 1.54) is 6.42 Å². The lowest BCUT2D eigenvalue weighted by Gasteiger charge is -2.60. The number of carbonyl (C=O) groups is 1. The molecule has 2 amide bonds. The fourth-order valence-electron chi connectivity index (χ4n) is 4.30. The molecule has 1 aliphatic heterocycles. The molecule has 1 saturated heterocycles. The predicted molar refractivity (Wildman–Crippen MR) is 86.3 cm³/mol. The van der Waals surface area contributed by atoms with E-state index >= 15 is 0 Å².